The Kier molecular flexibility index (Phi) is 3.90. The molecule has 0 fully saturated rings. The minimum atomic E-state index is 0.739. The van der Waals surface area contributed by atoms with Gasteiger partial charge in [0.25, 0.3) is 0 Å². The SMILES string of the molecule is CONCc1cc(C)cc(Br)c1C. The molecular weight excluding hydrogens is 230 g/mol. The summed E-state index contributed by atoms with van der Waals surface area (Å²) in [6.45, 7) is 4.92. The number of halogens is 1. The van der Waals surface area contributed by atoms with E-state index in [1.54, 1.807) is 7.11 Å². The van der Waals surface area contributed by atoms with Crippen molar-refractivity contribution in [2.45, 2.75) is 20.4 Å². The van der Waals surface area contributed by atoms with Gasteiger partial charge in [0.15, 0.2) is 0 Å². The van der Waals surface area contributed by atoms with Gasteiger partial charge in [-0.15, -0.1) is 0 Å². The molecule has 0 radical (unpaired) electrons. The first-order valence-electron chi connectivity index (χ1n) is 4.16. The number of hydrogen-bond acceptors (Lipinski definition) is 2. The first kappa shape index (κ1) is 10.7. The summed E-state index contributed by atoms with van der Waals surface area (Å²) in [4.78, 5) is 4.82. The van der Waals surface area contributed by atoms with Gasteiger partial charge in [-0.25, -0.2) is 0 Å². The van der Waals surface area contributed by atoms with Gasteiger partial charge in [-0.2, -0.15) is 5.48 Å². The summed E-state index contributed by atoms with van der Waals surface area (Å²) in [5.74, 6) is 0. The second-order valence-corrected chi connectivity index (χ2v) is 3.91. The molecule has 0 unspecified atom stereocenters. The second kappa shape index (κ2) is 4.74. The summed E-state index contributed by atoms with van der Waals surface area (Å²) in [6.07, 6.45) is 0. The van der Waals surface area contributed by atoms with Gasteiger partial charge in [0.1, 0.15) is 0 Å². The lowest BCUT2D eigenvalue weighted by molar-refractivity contribution is 0.0865. The maximum Gasteiger partial charge on any atom is 0.0572 e. The van der Waals surface area contributed by atoms with E-state index in [0.29, 0.717) is 0 Å². The van der Waals surface area contributed by atoms with Crippen LogP contribution in [0, 0.1) is 13.8 Å². The molecule has 0 bridgehead atoms. The highest BCUT2D eigenvalue weighted by atomic mass is 79.9. The molecule has 72 valence electrons. The van der Waals surface area contributed by atoms with Crippen molar-refractivity contribution in [3.8, 4) is 0 Å². The summed E-state index contributed by atoms with van der Waals surface area (Å²) in [6, 6.07) is 4.28. The number of aryl methyl sites for hydroxylation is 1. The van der Waals surface area contributed by atoms with Crippen molar-refractivity contribution in [1.82, 2.24) is 5.48 Å². The van der Waals surface area contributed by atoms with Gasteiger partial charge >= 0.3 is 0 Å². The lowest BCUT2D eigenvalue weighted by Crippen LogP contribution is -2.12. The molecule has 1 aromatic rings. The number of nitrogens with one attached hydrogen (secondary N) is 1. The zero-order valence-corrected chi connectivity index (χ0v) is 9.73. The van der Waals surface area contributed by atoms with Crippen LogP contribution in [-0.2, 0) is 11.4 Å². The molecule has 1 N–H and O–H groups in total. The average Bonchev–Trinajstić information content (AvgIpc) is 2.09. The van der Waals surface area contributed by atoms with Crippen molar-refractivity contribution < 1.29 is 4.84 Å². The molecule has 0 atom stereocenters. The van der Waals surface area contributed by atoms with Gasteiger partial charge < -0.3 is 4.84 Å². The van der Waals surface area contributed by atoms with E-state index in [4.69, 9.17) is 4.84 Å². The minimum absolute atomic E-state index is 0.739. The van der Waals surface area contributed by atoms with Crippen LogP contribution in [0.4, 0.5) is 0 Å². The van der Waals surface area contributed by atoms with Gasteiger partial charge in [0, 0.05) is 11.0 Å². The molecule has 0 aliphatic carbocycles. The molecule has 0 spiro atoms. The van der Waals surface area contributed by atoms with E-state index in [2.05, 4.69) is 47.4 Å². The molecule has 3 heteroatoms. The Morgan fingerprint density at radius 3 is 2.69 bits per heavy atom. The van der Waals surface area contributed by atoms with Crippen molar-refractivity contribution in [2.24, 2.45) is 0 Å². The Morgan fingerprint density at radius 2 is 2.08 bits per heavy atom. The quantitative estimate of drug-likeness (QED) is 0.825. The van der Waals surface area contributed by atoms with E-state index in [9.17, 15) is 0 Å². The van der Waals surface area contributed by atoms with Crippen molar-refractivity contribution >= 4 is 15.9 Å². The standard InChI is InChI=1S/C10H14BrNO/c1-7-4-9(6-12-13-3)8(2)10(11)5-7/h4-5,12H,6H2,1-3H3. The largest absolute Gasteiger partial charge is 0.305 e. The Morgan fingerprint density at radius 1 is 1.38 bits per heavy atom. The number of rotatable bonds is 3. The fourth-order valence-corrected chi connectivity index (χ4v) is 1.84. The number of hydroxylamine groups is 1. The second-order valence-electron chi connectivity index (χ2n) is 3.06. The van der Waals surface area contributed by atoms with Crippen LogP contribution < -0.4 is 5.48 Å². The van der Waals surface area contributed by atoms with Crippen LogP contribution in [0.3, 0.4) is 0 Å². The van der Waals surface area contributed by atoms with Gasteiger partial charge in [0.05, 0.1) is 7.11 Å². The summed E-state index contributed by atoms with van der Waals surface area (Å²) in [7, 11) is 1.63. The molecule has 0 amide bonds. The zero-order chi connectivity index (χ0) is 9.84. The maximum atomic E-state index is 4.82. The molecule has 1 rings (SSSR count). The first-order chi connectivity index (χ1) is 6.15. The third-order valence-corrected chi connectivity index (χ3v) is 2.83. The molecular formula is C10H14BrNO. The van der Waals surface area contributed by atoms with Crippen LogP contribution in [0.15, 0.2) is 16.6 Å². The Balaban J connectivity index is 2.92. The van der Waals surface area contributed by atoms with Gasteiger partial charge in [-0.3, -0.25) is 0 Å². The zero-order valence-electron chi connectivity index (χ0n) is 8.15. The summed E-state index contributed by atoms with van der Waals surface area (Å²) >= 11 is 3.52. The molecule has 1 aromatic carbocycles. The normalized spacial score (nSPS) is 10.5. The van der Waals surface area contributed by atoms with Gasteiger partial charge in [-0.1, -0.05) is 22.0 Å². The first-order valence-corrected chi connectivity index (χ1v) is 4.96. The van der Waals surface area contributed by atoms with E-state index < -0.39 is 0 Å². The van der Waals surface area contributed by atoms with Crippen LogP contribution in [0.5, 0.6) is 0 Å². The molecule has 0 heterocycles. The molecule has 0 saturated heterocycles. The predicted octanol–water partition coefficient (Wildman–Crippen LogP) is 2.72. The van der Waals surface area contributed by atoms with Crippen LogP contribution in [-0.4, -0.2) is 7.11 Å². The molecule has 0 aliphatic heterocycles. The Hall–Kier alpha value is -0.380. The van der Waals surface area contributed by atoms with Crippen LogP contribution in [0.1, 0.15) is 16.7 Å². The maximum absolute atomic E-state index is 4.82. The third kappa shape index (κ3) is 2.79. The van der Waals surface area contributed by atoms with Crippen LogP contribution in [0.25, 0.3) is 0 Å². The lowest BCUT2D eigenvalue weighted by atomic mass is 10.1. The third-order valence-electron chi connectivity index (χ3n) is 2.00. The van der Waals surface area contributed by atoms with E-state index in [1.165, 1.54) is 16.7 Å². The molecule has 2 nitrogen and oxygen atoms in total. The summed E-state index contributed by atoms with van der Waals surface area (Å²) in [5, 5.41) is 0. The van der Waals surface area contributed by atoms with Crippen molar-refractivity contribution in [1.29, 1.82) is 0 Å². The monoisotopic (exact) mass is 243 g/mol. The van der Waals surface area contributed by atoms with Crippen molar-refractivity contribution in [3.63, 3.8) is 0 Å². The number of benzene rings is 1. The Bertz CT molecular complexity index is 299. The highest BCUT2D eigenvalue weighted by Gasteiger charge is 2.02. The summed E-state index contributed by atoms with van der Waals surface area (Å²) < 4.78 is 1.15. The summed E-state index contributed by atoms with van der Waals surface area (Å²) in [5.41, 5.74) is 6.61. The lowest BCUT2D eigenvalue weighted by Gasteiger charge is -2.09. The molecule has 13 heavy (non-hydrogen) atoms. The smallest absolute Gasteiger partial charge is 0.0572 e. The highest BCUT2D eigenvalue weighted by molar-refractivity contribution is 9.10. The van der Waals surface area contributed by atoms with Crippen molar-refractivity contribution in [2.75, 3.05) is 7.11 Å². The molecule has 0 saturated carbocycles. The van der Waals surface area contributed by atoms with Crippen molar-refractivity contribution in [3.05, 3.63) is 33.3 Å². The van der Waals surface area contributed by atoms with Crippen LogP contribution in [0.2, 0.25) is 0 Å². The van der Waals surface area contributed by atoms with E-state index in [1.807, 2.05) is 0 Å². The van der Waals surface area contributed by atoms with Crippen LogP contribution >= 0.6 is 15.9 Å². The van der Waals surface area contributed by atoms with E-state index in [-0.39, 0.29) is 0 Å². The fourth-order valence-electron chi connectivity index (χ4n) is 1.22. The fraction of sp³-hybridized carbons (Fsp3) is 0.400. The molecule has 0 aromatic heterocycles. The highest BCUT2D eigenvalue weighted by Crippen LogP contribution is 2.21. The van der Waals surface area contributed by atoms with E-state index in [0.717, 1.165) is 11.0 Å². The molecule has 0 aliphatic rings. The van der Waals surface area contributed by atoms with Gasteiger partial charge in [0.2, 0.25) is 0 Å². The minimum Gasteiger partial charge on any atom is -0.305 e. The predicted molar refractivity (Wildman–Crippen MR) is 57.5 cm³/mol. The Labute approximate surface area is 87.4 Å². The number of hydrogen-bond donors (Lipinski definition) is 1. The average molecular weight is 244 g/mol. The topological polar surface area (TPSA) is 21.3 Å². The van der Waals surface area contributed by atoms with Gasteiger partial charge in [-0.05, 0) is 36.6 Å². The van der Waals surface area contributed by atoms with E-state index >= 15 is 0 Å².